The first-order valence-corrected chi connectivity index (χ1v) is 10.9. The summed E-state index contributed by atoms with van der Waals surface area (Å²) < 4.78 is 4.76. The number of amidine groups is 1. The largest absolute Gasteiger partial charge is 0.289 e. The van der Waals surface area contributed by atoms with Crippen molar-refractivity contribution >= 4 is 37.3 Å². The first-order valence-electron chi connectivity index (χ1n) is 10.1. The fourth-order valence-corrected chi connectivity index (χ4v) is 5.62. The molecule has 2 aliphatic heterocycles. The number of nitrogens with zero attached hydrogens (tertiary/aromatic N) is 2. The van der Waals surface area contributed by atoms with Crippen LogP contribution in [0.15, 0.2) is 47.3 Å². The Labute approximate surface area is 163 Å². The highest BCUT2D eigenvalue weighted by atomic mass is 32.1. The van der Waals surface area contributed by atoms with Crippen LogP contribution >= 0.6 is 11.3 Å². The van der Waals surface area contributed by atoms with Crippen molar-refractivity contribution in [2.45, 2.75) is 38.6 Å². The molecule has 138 valence electrons. The minimum atomic E-state index is 0.170. The van der Waals surface area contributed by atoms with Gasteiger partial charge in [0.25, 0.3) is 0 Å². The molecule has 4 heteroatoms. The fraction of sp³-hybridized carbons (Fsp3) is 0.391. The third kappa shape index (κ3) is 3.16. The van der Waals surface area contributed by atoms with Crippen LogP contribution in [-0.2, 0) is 6.54 Å². The SMILES string of the molecule is O=c1c2ccccc2sc2ccc(CN3CCC[N+]4=C3CCCCC4)cc12. The van der Waals surface area contributed by atoms with Gasteiger partial charge in [0.15, 0.2) is 5.43 Å². The summed E-state index contributed by atoms with van der Waals surface area (Å²) in [5.74, 6) is 1.53. The van der Waals surface area contributed by atoms with E-state index in [1.807, 2.05) is 24.3 Å². The lowest BCUT2D eigenvalue weighted by molar-refractivity contribution is -0.539. The van der Waals surface area contributed by atoms with Crippen molar-refractivity contribution in [3.63, 3.8) is 0 Å². The second kappa shape index (κ2) is 7.08. The maximum absolute atomic E-state index is 13.0. The molecule has 0 atom stereocenters. The Morgan fingerprint density at radius 3 is 2.74 bits per heavy atom. The lowest BCUT2D eigenvalue weighted by Crippen LogP contribution is -2.43. The van der Waals surface area contributed by atoms with Crippen molar-refractivity contribution < 1.29 is 4.58 Å². The van der Waals surface area contributed by atoms with Gasteiger partial charge in [-0.3, -0.25) is 14.3 Å². The van der Waals surface area contributed by atoms with Gasteiger partial charge in [0, 0.05) is 33.0 Å². The molecule has 0 saturated carbocycles. The van der Waals surface area contributed by atoms with Crippen LogP contribution in [-0.4, -0.2) is 34.9 Å². The van der Waals surface area contributed by atoms with Crippen molar-refractivity contribution in [1.29, 1.82) is 0 Å². The summed E-state index contributed by atoms with van der Waals surface area (Å²) in [6.07, 6.45) is 6.40. The summed E-state index contributed by atoms with van der Waals surface area (Å²) in [5.41, 5.74) is 1.42. The van der Waals surface area contributed by atoms with E-state index in [9.17, 15) is 4.79 Å². The molecule has 0 bridgehead atoms. The van der Waals surface area contributed by atoms with E-state index in [4.69, 9.17) is 0 Å². The molecule has 3 aromatic rings. The van der Waals surface area contributed by atoms with Crippen molar-refractivity contribution in [3.05, 3.63) is 58.3 Å². The summed E-state index contributed by atoms with van der Waals surface area (Å²) >= 11 is 1.71. The molecular weight excluding hydrogens is 352 g/mol. The van der Waals surface area contributed by atoms with Crippen molar-refractivity contribution in [1.82, 2.24) is 4.90 Å². The van der Waals surface area contributed by atoms with Gasteiger partial charge in [-0.1, -0.05) is 18.2 Å². The zero-order valence-corrected chi connectivity index (χ0v) is 16.4. The van der Waals surface area contributed by atoms with Gasteiger partial charge in [-0.2, -0.15) is 0 Å². The third-order valence-electron chi connectivity index (χ3n) is 5.93. The summed E-state index contributed by atoms with van der Waals surface area (Å²) in [7, 11) is 0. The molecule has 0 amide bonds. The molecular formula is C23H25N2OS+. The molecule has 0 spiro atoms. The van der Waals surface area contributed by atoms with Gasteiger partial charge in [-0.25, -0.2) is 0 Å². The van der Waals surface area contributed by atoms with Crippen LogP contribution < -0.4 is 5.43 Å². The van der Waals surface area contributed by atoms with Crippen LogP contribution in [0.5, 0.6) is 0 Å². The van der Waals surface area contributed by atoms with Crippen LogP contribution in [0.3, 0.4) is 0 Å². The van der Waals surface area contributed by atoms with E-state index in [0.29, 0.717) is 0 Å². The quantitative estimate of drug-likeness (QED) is 0.481. The summed E-state index contributed by atoms with van der Waals surface area (Å²) in [6, 6.07) is 14.4. The molecule has 0 radical (unpaired) electrons. The highest BCUT2D eigenvalue weighted by Gasteiger charge is 2.28. The molecule has 2 aliphatic rings. The highest BCUT2D eigenvalue weighted by Crippen LogP contribution is 2.26. The molecule has 27 heavy (non-hydrogen) atoms. The van der Waals surface area contributed by atoms with E-state index >= 15 is 0 Å². The van der Waals surface area contributed by atoms with Crippen molar-refractivity contribution in [2.24, 2.45) is 0 Å². The number of fused-ring (bicyclic) bond motifs is 2. The third-order valence-corrected chi connectivity index (χ3v) is 7.08. The standard InChI is InChI=1S/C23H25N2OS/c26-23-18-7-3-4-8-20(18)27-21-11-10-17(15-19(21)23)16-25-14-6-13-24-12-5-1-2-9-22(24)25/h3-4,7-8,10-11,15H,1-2,5-6,9,12-14,16H2/q+1. The van der Waals surface area contributed by atoms with Gasteiger partial charge in [0.1, 0.15) is 6.54 Å². The van der Waals surface area contributed by atoms with Gasteiger partial charge in [0.05, 0.1) is 19.6 Å². The molecule has 0 saturated heterocycles. The van der Waals surface area contributed by atoms with Crippen molar-refractivity contribution in [2.75, 3.05) is 19.6 Å². The van der Waals surface area contributed by atoms with E-state index < -0.39 is 0 Å². The highest BCUT2D eigenvalue weighted by molar-refractivity contribution is 7.24. The first-order chi connectivity index (χ1) is 13.3. The topological polar surface area (TPSA) is 23.3 Å². The van der Waals surface area contributed by atoms with E-state index in [1.54, 1.807) is 11.3 Å². The Kier molecular flexibility index (Phi) is 4.44. The van der Waals surface area contributed by atoms with E-state index in [-0.39, 0.29) is 5.43 Å². The summed E-state index contributed by atoms with van der Waals surface area (Å²) in [4.78, 5) is 15.5. The van der Waals surface area contributed by atoms with Gasteiger partial charge in [0.2, 0.25) is 5.84 Å². The van der Waals surface area contributed by atoms with Crippen LogP contribution in [0.2, 0.25) is 0 Å². The van der Waals surface area contributed by atoms with Gasteiger partial charge < -0.3 is 0 Å². The summed E-state index contributed by atoms with van der Waals surface area (Å²) in [5, 5.41) is 1.71. The van der Waals surface area contributed by atoms with E-state index in [0.717, 1.165) is 33.3 Å². The van der Waals surface area contributed by atoms with Gasteiger partial charge in [-0.15, -0.1) is 11.3 Å². The fourth-order valence-electron chi connectivity index (χ4n) is 4.57. The Balaban J connectivity index is 1.53. The first kappa shape index (κ1) is 16.9. The number of hydrogen-bond donors (Lipinski definition) is 0. The normalized spacial score (nSPS) is 18.0. The number of rotatable bonds is 2. The summed E-state index contributed by atoms with van der Waals surface area (Å²) in [6.45, 7) is 4.47. The molecule has 3 nitrogen and oxygen atoms in total. The molecule has 0 unspecified atom stereocenters. The zero-order chi connectivity index (χ0) is 18.2. The van der Waals surface area contributed by atoms with Crippen LogP contribution in [0.4, 0.5) is 0 Å². The van der Waals surface area contributed by atoms with E-state index in [1.165, 1.54) is 56.6 Å². The monoisotopic (exact) mass is 377 g/mol. The van der Waals surface area contributed by atoms with E-state index in [2.05, 4.69) is 27.7 Å². The smallest absolute Gasteiger partial charge is 0.247 e. The average Bonchev–Trinajstić information content (AvgIpc) is 2.95. The van der Waals surface area contributed by atoms with Gasteiger partial charge >= 0.3 is 0 Å². The molecule has 3 heterocycles. The minimum absolute atomic E-state index is 0.170. The Hall–Kier alpha value is -2.20. The predicted molar refractivity (Wildman–Crippen MR) is 114 cm³/mol. The Bertz CT molecular complexity index is 1100. The lowest BCUT2D eigenvalue weighted by Gasteiger charge is -2.26. The zero-order valence-electron chi connectivity index (χ0n) is 15.6. The second-order valence-electron chi connectivity index (χ2n) is 7.75. The maximum Gasteiger partial charge on any atom is 0.247 e. The average molecular weight is 378 g/mol. The predicted octanol–water partition coefficient (Wildman–Crippen LogP) is 4.61. The number of hydrogen-bond acceptors (Lipinski definition) is 3. The Morgan fingerprint density at radius 1 is 0.926 bits per heavy atom. The minimum Gasteiger partial charge on any atom is -0.289 e. The Morgan fingerprint density at radius 2 is 1.78 bits per heavy atom. The maximum atomic E-state index is 13.0. The molecule has 0 N–H and O–H groups in total. The second-order valence-corrected chi connectivity index (χ2v) is 8.83. The molecule has 5 rings (SSSR count). The number of benzene rings is 2. The van der Waals surface area contributed by atoms with Crippen LogP contribution in [0.25, 0.3) is 20.2 Å². The molecule has 2 aromatic carbocycles. The van der Waals surface area contributed by atoms with Gasteiger partial charge in [-0.05, 0) is 49.1 Å². The van der Waals surface area contributed by atoms with Crippen molar-refractivity contribution in [3.8, 4) is 0 Å². The lowest BCUT2D eigenvalue weighted by atomic mass is 10.1. The van der Waals surface area contributed by atoms with Crippen LogP contribution in [0.1, 0.15) is 37.7 Å². The van der Waals surface area contributed by atoms with Crippen LogP contribution in [0, 0.1) is 0 Å². The molecule has 0 fully saturated rings. The molecule has 1 aromatic heterocycles. The molecule has 0 aliphatic carbocycles.